The summed E-state index contributed by atoms with van der Waals surface area (Å²) < 4.78 is 11.8. The van der Waals surface area contributed by atoms with Gasteiger partial charge in [0.1, 0.15) is 5.82 Å². The van der Waals surface area contributed by atoms with Gasteiger partial charge in [-0.05, 0) is 26.3 Å². The van der Waals surface area contributed by atoms with Crippen LogP contribution in [0.1, 0.15) is 43.4 Å². The van der Waals surface area contributed by atoms with Crippen molar-refractivity contribution in [3.63, 3.8) is 0 Å². The van der Waals surface area contributed by atoms with Crippen molar-refractivity contribution in [3.05, 3.63) is 23.3 Å². The molecule has 0 spiro atoms. The van der Waals surface area contributed by atoms with Crippen molar-refractivity contribution in [2.24, 2.45) is 0 Å². The fourth-order valence-corrected chi connectivity index (χ4v) is 2.77. The fourth-order valence-electron chi connectivity index (χ4n) is 1.62. The van der Waals surface area contributed by atoms with Crippen LogP contribution in [0, 0.1) is 13.8 Å². The van der Waals surface area contributed by atoms with Gasteiger partial charge in [-0.25, -0.2) is 9.97 Å². The van der Waals surface area contributed by atoms with Crippen LogP contribution in [0.4, 0.5) is 0 Å². The van der Waals surface area contributed by atoms with Gasteiger partial charge in [-0.3, -0.25) is 4.21 Å². The predicted octanol–water partition coefficient (Wildman–Crippen LogP) is 2.53. The Morgan fingerprint density at radius 2 is 2.00 bits per heavy atom. The Morgan fingerprint density at radius 3 is 2.62 bits per heavy atom. The molecule has 1 atom stereocenters. The smallest absolute Gasteiger partial charge is 0.125 e. The first kappa shape index (κ1) is 13.3. The molecule has 0 saturated carbocycles. The fraction of sp³-hybridized carbons (Fsp3) is 0.667. The molecule has 0 saturated heterocycles. The molecule has 0 bridgehead atoms. The molecule has 0 amide bonds. The molecule has 1 aromatic rings. The number of hydrogen-bond acceptors (Lipinski definition) is 3. The summed E-state index contributed by atoms with van der Waals surface area (Å²) in [6.45, 7) is 5.97. The molecular weight excluding hydrogens is 220 g/mol. The maximum atomic E-state index is 11.8. The molecule has 4 heteroatoms. The van der Waals surface area contributed by atoms with Crippen molar-refractivity contribution >= 4 is 10.8 Å². The second kappa shape index (κ2) is 6.74. The van der Waals surface area contributed by atoms with E-state index in [1.54, 1.807) is 0 Å². The van der Waals surface area contributed by atoms with Crippen molar-refractivity contribution < 1.29 is 4.21 Å². The number of aromatic nitrogens is 2. The lowest BCUT2D eigenvalue weighted by atomic mass is 10.3. The summed E-state index contributed by atoms with van der Waals surface area (Å²) in [5.74, 6) is 2.12. The van der Waals surface area contributed by atoms with Crippen molar-refractivity contribution in [2.45, 2.75) is 45.8 Å². The Balaban J connectivity index is 2.49. The zero-order valence-corrected chi connectivity index (χ0v) is 11.1. The zero-order valence-electron chi connectivity index (χ0n) is 10.3. The largest absolute Gasteiger partial charge is 0.259 e. The highest BCUT2D eigenvalue weighted by Crippen LogP contribution is 2.05. The third-order valence-electron chi connectivity index (χ3n) is 2.30. The Kier molecular flexibility index (Phi) is 5.60. The molecule has 0 aliphatic heterocycles. The molecule has 0 aliphatic carbocycles. The van der Waals surface area contributed by atoms with Gasteiger partial charge in [0.25, 0.3) is 0 Å². The SMILES string of the molecule is CCCCCS(=O)Cc1cc(C)nc(C)n1. The van der Waals surface area contributed by atoms with Crippen molar-refractivity contribution in [3.8, 4) is 0 Å². The van der Waals surface area contributed by atoms with Gasteiger partial charge in [-0.1, -0.05) is 19.8 Å². The van der Waals surface area contributed by atoms with Gasteiger partial charge in [-0.15, -0.1) is 0 Å². The van der Waals surface area contributed by atoms with E-state index < -0.39 is 10.8 Å². The average molecular weight is 240 g/mol. The molecule has 0 fully saturated rings. The van der Waals surface area contributed by atoms with Crippen molar-refractivity contribution in [1.82, 2.24) is 9.97 Å². The normalized spacial score (nSPS) is 12.7. The standard InChI is InChI=1S/C12H20N2OS/c1-4-5-6-7-16(15)9-12-8-10(2)13-11(3)14-12/h8H,4-7,9H2,1-3H3. The maximum Gasteiger partial charge on any atom is 0.125 e. The Bertz CT molecular complexity index is 346. The lowest BCUT2D eigenvalue weighted by molar-refractivity contribution is 0.675. The Labute approximate surface area is 100 Å². The molecule has 90 valence electrons. The molecule has 3 nitrogen and oxygen atoms in total. The molecule has 1 rings (SSSR count). The quantitative estimate of drug-likeness (QED) is 0.718. The molecular formula is C12H20N2OS. The van der Waals surface area contributed by atoms with Crippen LogP contribution in [0.25, 0.3) is 0 Å². The first-order valence-corrected chi connectivity index (χ1v) is 7.26. The summed E-state index contributed by atoms with van der Waals surface area (Å²) in [4.78, 5) is 8.50. The first-order chi connectivity index (χ1) is 7.61. The van der Waals surface area contributed by atoms with Crippen LogP contribution in [0.15, 0.2) is 6.07 Å². The van der Waals surface area contributed by atoms with E-state index in [0.29, 0.717) is 5.75 Å². The van der Waals surface area contributed by atoms with Crippen LogP contribution in [0.5, 0.6) is 0 Å². The third-order valence-corrected chi connectivity index (χ3v) is 3.67. The Morgan fingerprint density at radius 1 is 1.25 bits per heavy atom. The van der Waals surface area contributed by atoms with Crippen LogP contribution in [0.3, 0.4) is 0 Å². The average Bonchev–Trinajstić information content (AvgIpc) is 2.16. The van der Waals surface area contributed by atoms with E-state index in [4.69, 9.17) is 0 Å². The number of aryl methyl sites for hydroxylation is 2. The molecule has 1 heterocycles. The van der Waals surface area contributed by atoms with Gasteiger partial charge in [0.15, 0.2) is 0 Å². The predicted molar refractivity (Wildman–Crippen MR) is 67.7 cm³/mol. The Hall–Kier alpha value is -0.770. The highest BCUT2D eigenvalue weighted by molar-refractivity contribution is 7.84. The van der Waals surface area contributed by atoms with E-state index in [1.807, 2.05) is 19.9 Å². The van der Waals surface area contributed by atoms with Gasteiger partial charge in [0.05, 0.1) is 11.4 Å². The van der Waals surface area contributed by atoms with Gasteiger partial charge in [-0.2, -0.15) is 0 Å². The molecule has 0 aromatic carbocycles. The second-order valence-corrected chi connectivity index (χ2v) is 5.62. The minimum atomic E-state index is -0.779. The number of rotatable bonds is 6. The van der Waals surface area contributed by atoms with Crippen molar-refractivity contribution in [1.29, 1.82) is 0 Å². The van der Waals surface area contributed by atoms with Crippen molar-refractivity contribution in [2.75, 3.05) is 5.75 Å². The minimum Gasteiger partial charge on any atom is -0.259 e. The van der Waals surface area contributed by atoms with Crippen LogP contribution in [-0.2, 0) is 16.6 Å². The molecule has 1 unspecified atom stereocenters. The van der Waals surface area contributed by atoms with Gasteiger partial charge in [0.2, 0.25) is 0 Å². The first-order valence-electron chi connectivity index (χ1n) is 5.78. The lowest BCUT2D eigenvalue weighted by Crippen LogP contribution is -2.05. The second-order valence-electron chi connectivity index (χ2n) is 4.04. The zero-order chi connectivity index (χ0) is 12.0. The molecule has 0 radical (unpaired) electrons. The minimum absolute atomic E-state index is 0.563. The van der Waals surface area contributed by atoms with Crippen LogP contribution < -0.4 is 0 Å². The van der Waals surface area contributed by atoms with E-state index in [0.717, 1.165) is 35.8 Å². The number of unbranched alkanes of at least 4 members (excludes halogenated alkanes) is 2. The summed E-state index contributed by atoms with van der Waals surface area (Å²) in [5, 5.41) is 0. The highest BCUT2D eigenvalue weighted by Gasteiger charge is 2.04. The van der Waals surface area contributed by atoms with E-state index in [-0.39, 0.29) is 0 Å². The van der Waals surface area contributed by atoms with E-state index in [1.165, 1.54) is 6.42 Å². The number of nitrogens with zero attached hydrogens (tertiary/aromatic N) is 2. The summed E-state index contributed by atoms with van der Waals surface area (Å²) in [6.07, 6.45) is 3.38. The summed E-state index contributed by atoms with van der Waals surface area (Å²) in [7, 11) is -0.779. The number of hydrogen-bond donors (Lipinski definition) is 0. The maximum absolute atomic E-state index is 11.8. The van der Waals surface area contributed by atoms with Gasteiger partial charge < -0.3 is 0 Å². The summed E-state index contributed by atoms with van der Waals surface area (Å²) in [5.41, 5.74) is 1.85. The van der Waals surface area contributed by atoms with Gasteiger partial charge in [0, 0.05) is 22.2 Å². The molecule has 1 aromatic heterocycles. The summed E-state index contributed by atoms with van der Waals surface area (Å²) >= 11 is 0. The van der Waals surface area contributed by atoms with Crippen LogP contribution in [0.2, 0.25) is 0 Å². The molecule has 0 N–H and O–H groups in total. The molecule has 16 heavy (non-hydrogen) atoms. The van der Waals surface area contributed by atoms with Crippen LogP contribution >= 0.6 is 0 Å². The highest BCUT2D eigenvalue weighted by atomic mass is 32.2. The van der Waals surface area contributed by atoms with E-state index >= 15 is 0 Å². The summed E-state index contributed by atoms with van der Waals surface area (Å²) in [6, 6.07) is 1.92. The molecule has 0 aliphatic rings. The van der Waals surface area contributed by atoms with E-state index in [2.05, 4.69) is 16.9 Å². The topological polar surface area (TPSA) is 42.9 Å². The third kappa shape index (κ3) is 4.84. The van der Waals surface area contributed by atoms with Gasteiger partial charge >= 0.3 is 0 Å². The van der Waals surface area contributed by atoms with E-state index in [9.17, 15) is 4.21 Å². The monoisotopic (exact) mass is 240 g/mol. The van der Waals surface area contributed by atoms with Crippen LogP contribution in [-0.4, -0.2) is 19.9 Å². The lowest BCUT2D eigenvalue weighted by Gasteiger charge is -2.03.